The Balaban J connectivity index is 2.38. The number of rotatable bonds is 3. The first kappa shape index (κ1) is 15.0. The summed E-state index contributed by atoms with van der Waals surface area (Å²) in [6, 6.07) is 4.80. The number of nitrogens with zero attached hydrogens (tertiary/aromatic N) is 2. The molecule has 2 N–H and O–H groups in total. The predicted molar refractivity (Wildman–Crippen MR) is 78.6 cm³/mol. The second-order valence-electron chi connectivity index (χ2n) is 3.88. The minimum Gasteiger partial charge on any atom is -0.488 e. The lowest BCUT2D eigenvalue weighted by molar-refractivity contribution is -0.387. The van der Waals surface area contributed by atoms with Gasteiger partial charge in [0.25, 0.3) is 5.88 Å². The van der Waals surface area contributed by atoms with E-state index < -0.39 is 22.0 Å². The van der Waals surface area contributed by atoms with Crippen molar-refractivity contribution in [2.45, 2.75) is 0 Å². The smallest absolute Gasteiger partial charge is 0.395 e. The molecule has 0 unspecified atom stereocenters. The number of hydrogen-bond acceptors (Lipinski definition) is 5. The van der Waals surface area contributed by atoms with Crippen LogP contribution in [0.2, 0.25) is 10.0 Å². The van der Waals surface area contributed by atoms with E-state index in [9.17, 15) is 20.0 Å². The zero-order valence-electron chi connectivity index (χ0n) is 10.2. The number of halogens is 2. The molecule has 1 aromatic carbocycles. The first-order valence-corrected chi connectivity index (χ1v) is 6.25. The topological polar surface area (TPSA) is 109 Å². The fraction of sp³-hybridized carbons (Fsp3) is 0. The van der Waals surface area contributed by atoms with Gasteiger partial charge in [0.05, 0.1) is 4.92 Å². The number of nitro groups is 1. The van der Waals surface area contributed by atoms with E-state index in [0.29, 0.717) is 15.6 Å². The monoisotopic (exact) mass is 327 g/mol. The van der Waals surface area contributed by atoms with Crippen molar-refractivity contribution in [3.05, 3.63) is 60.1 Å². The van der Waals surface area contributed by atoms with Gasteiger partial charge < -0.3 is 10.1 Å². The van der Waals surface area contributed by atoms with Crippen LogP contribution in [0.1, 0.15) is 11.4 Å². The number of H-pyrrole nitrogens is 1. The molecule has 0 bridgehead atoms. The van der Waals surface area contributed by atoms with E-state index in [-0.39, 0.29) is 5.82 Å². The van der Waals surface area contributed by atoms with Crippen LogP contribution in [0, 0.1) is 10.1 Å². The van der Waals surface area contributed by atoms with E-state index >= 15 is 0 Å². The van der Waals surface area contributed by atoms with Crippen molar-refractivity contribution in [3.63, 3.8) is 0 Å². The molecule has 0 aliphatic rings. The third-order valence-corrected chi connectivity index (χ3v) is 3.02. The Morgan fingerprint density at radius 3 is 2.62 bits per heavy atom. The van der Waals surface area contributed by atoms with E-state index in [1.54, 1.807) is 12.1 Å². The molecule has 0 spiro atoms. The van der Waals surface area contributed by atoms with Crippen LogP contribution in [0.4, 0.5) is 5.69 Å². The zero-order valence-corrected chi connectivity index (χ0v) is 11.7. The molecule has 0 aliphatic heterocycles. The molecular formula is C12H7Cl2N3O4. The van der Waals surface area contributed by atoms with Crippen molar-refractivity contribution in [1.29, 1.82) is 0 Å². The number of aromatic nitrogens is 2. The Labute approximate surface area is 127 Å². The fourth-order valence-electron chi connectivity index (χ4n) is 1.52. The summed E-state index contributed by atoms with van der Waals surface area (Å²) in [5.74, 6) is -1.00. The van der Waals surface area contributed by atoms with Gasteiger partial charge in [0.2, 0.25) is 0 Å². The first-order valence-electron chi connectivity index (χ1n) is 5.49. The van der Waals surface area contributed by atoms with E-state index in [0.717, 1.165) is 0 Å². The Kier molecular flexibility index (Phi) is 4.25. The molecule has 7 nitrogen and oxygen atoms in total. The van der Waals surface area contributed by atoms with Gasteiger partial charge in [-0.2, -0.15) is 4.98 Å². The van der Waals surface area contributed by atoms with Crippen molar-refractivity contribution in [1.82, 2.24) is 9.97 Å². The molecule has 0 radical (unpaired) electrons. The van der Waals surface area contributed by atoms with Crippen molar-refractivity contribution in [2.75, 3.05) is 0 Å². The van der Waals surface area contributed by atoms with Crippen LogP contribution in [0.25, 0.3) is 12.2 Å². The van der Waals surface area contributed by atoms with E-state index in [1.807, 2.05) is 0 Å². The van der Waals surface area contributed by atoms with Crippen molar-refractivity contribution in [3.8, 4) is 5.88 Å². The zero-order chi connectivity index (χ0) is 15.6. The molecule has 0 atom stereocenters. The van der Waals surface area contributed by atoms with Crippen LogP contribution in [0.3, 0.4) is 0 Å². The highest BCUT2D eigenvalue weighted by atomic mass is 35.5. The second-order valence-corrected chi connectivity index (χ2v) is 4.72. The molecule has 108 valence electrons. The summed E-state index contributed by atoms with van der Waals surface area (Å²) in [6.45, 7) is 0. The quantitative estimate of drug-likeness (QED) is 0.665. The summed E-state index contributed by atoms with van der Waals surface area (Å²) in [5.41, 5.74) is -1.45. The molecule has 0 aliphatic carbocycles. The average Bonchev–Trinajstić information content (AvgIpc) is 2.36. The molecule has 2 rings (SSSR count). The SMILES string of the molecule is O=c1[nH]c(C=Cc2ccc(Cl)cc2Cl)nc(O)c1[N+](=O)[O-]. The van der Waals surface area contributed by atoms with Gasteiger partial charge in [0.15, 0.2) is 0 Å². The second kappa shape index (κ2) is 5.94. The summed E-state index contributed by atoms with van der Waals surface area (Å²) >= 11 is 11.7. The number of nitrogens with one attached hydrogen (secondary N) is 1. The van der Waals surface area contributed by atoms with Gasteiger partial charge >= 0.3 is 11.2 Å². The third-order valence-electron chi connectivity index (χ3n) is 2.46. The molecule has 1 heterocycles. The fourth-order valence-corrected chi connectivity index (χ4v) is 1.99. The van der Waals surface area contributed by atoms with Gasteiger partial charge in [-0.15, -0.1) is 0 Å². The molecular weight excluding hydrogens is 321 g/mol. The van der Waals surface area contributed by atoms with Crippen LogP contribution >= 0.6 is 23.2 Å². The van der Waals surface area contributed by atoms with Crippen LogP contribution in [0.15, 0.2) is 23.0 Å². The number of hydrogen-bond donors (Lipinski definition) is 2. The molecule has 0 saturated carbocycles. The molecule has 21 heavy (non-hydrogen) atoms. The predicted octanol–water partition coefficient (Wildman–Crippen LogP) is 2.86. The van der Waals surface area contributed by atoms with Crippen molar-refractivity contribution < 1.29 is 10.0 Å². The summed E-state index contributed by atoms with van der Waals surface area (Å²) in [5, 5.41) is 20.8. The number of aromatic hydroxyl groups is 1. The lowest BCUT2D eigenvalue weighted by Gasteiger charge is -1.99. The molecule has 2 aromatic rings. The third kappa shape index (κ3) is 3.39. The first-order chi connectivity index (χ1) is 9.88. The van der Waals surface area contributed by atoms with Gasteiger partial charge in [0, 0.05) is 10.0 Å². The largest absolute Gasteiger partial charge is 0.488 e. The highest BCUT2D eigenvalue weighted by Crippen LogP contribution is 2.23. The van der Waals surface area contributed by atoms with Gasteiger partial charge in [-0.1, -0.05) is 29.3 Å². The van der Waals surface area contributed by atoms with Crippen molar-refractivity contribution in [2.24, 2.45) is 0 Å². The van der Waals surface area contributed by atoms with Gasteiger partial charge in [-0.3, -0.25) is 14.9 Å². The molecule has 0 saturated heterocycles. The van der Waals surface area contributed by atoms with Crippen LogP contribution in [0.5, 0.6) is 5.88 Å². The Morgan fingerprint density at radius 2 is 2.05 bits per heavy atom. The highest BCUT2D eigenvalue weighted by molar-refractivity contribution is 6.35. The van der Waals surface area contributed by atoms with Crippen molar-refractivity contribution >= 4 is 41.0 Å². The maximum absolute atomic E-state index is 11.5. The maximum Gasteiger partial charge on any atom is 0.395 e. The van der Waals surface area contributed by atoms with Gasteiger partial charge in [-0.25, -0.2) is 0 Å². The molecule has 9 heteroatoms. The van der Waals surface area contributed by atoms with Gasteiger partial charge in [0.1, 0.15) is 5.82 Å². The molecule has 0 amide bonds. The summed E-state index contributed by atoms with van der Waals surface area (Å²) in [6.07, 6.45) is 2.86. The number of aromatic amines is 1. The van der Waals surface area contributed by atoms with E-state index in [2.05, 4.69) is 9.97 Å². The summed E-state index contributed by atoms with van der Waals surface area (Å²) in [7, 11) is 0. The van der Waals surface area contributed by atoms with Gasteiger partial charge in [-0.05, 0) is 29.8 Å². The van der Waals surface area contributed by atoms with Crippen LogP contribution in [-0.2, 0) is 0 Å². The number of benzene rings is 1. The Morgan fingerprint density at radius 1 is 1.33 bits per heavy atom. The lowest BCUT2D eigenvalue weighted by atomic mass is 10.2. The standard InChI is InChI=1S/C12H7Cl2N3O4/c13-7-3-1-6(8(14)5-7)2-4-9-15-11(18)10(17(20)21)12(19)16-9/h1-5H,(H2,15,16,18,19). The Hall–Kier alpha value is -2.38. The maximum atomic E-state index is 11.5. The molecule has 0 fully saturated rings. The highest BCUT2D eigenvalue weighted by Gasteiger charge is 2.21. The van der Waals surface area contributed by atoms with Crippen LogP contribution < -0.4 is 5.56 Å². The Bertz CT molecular complexity index is 802. The molecule has 1 aromatic heterocycles. The average molecular weight is 328 g/mol. The lowest BCUT2D eigenvalue weighted by Crippen LogP contribution is -2.14. The normalized spacial score (nSPS) is 11.0. The van der Waals surface area contributed by atoms with E-state index in [4.69, 9.17) is 23.2 Å². The minimum atomic E-state index is -1.05. The summed E-state index contributed by atoms with van der Waals surface area (Å²) < 4.78 is 0. The summed E-state index contributed by atoms with van der Waals surface area (Å²) in [4.78, 5) is 26.7. The van der Waals surface area contributed by atoms with Crippen LogP contribution in [-0.4, -0.2) is 20.0 Å². The van der Waals surface area contributed by atoms with E-state index in [1.165, 1.54) is 18.2 Å². The minimum absolute atomic E-state index is 0.0471.